The van der Waals surface area contributed by atoms with Crippen molar-refractivity contribution >= 4 is 23.4 Å². The number of urea groups is 1. The summed E-state index contributed by atoms with van der Waals surface area (Å²) in [5.74, 6) is -0.296. The van der Waals surface area contributed by atoms with E-state index in [1.807, 2.05) is 0 Å². The van der Waals surface area contributed by atoms with Gasteiger partial charge in [0.2, 0.25) is 0 Å². The first-order valence-corrected chi connectivity index (χ1v) is 8.36. The number of nitrogens with one attached hydrogen (secondary N) is 2. The molecular weight excluding hydrogens is 378 g/mol. The number of carbonyl (C=O) groups excluding carboxylic acids is 2. The van der Waals surface area contributed by atoms with Crippen molar-refractivity contribution in [3.8, 4) is 5.75 Å². The molecule has 2 aromatic carbocycles. The second-order valence-corrected chi connectivity index (χ2v) is 6.29. The van der Waals surface area contributed by atoms with Gasteiger partial charge in [0.05, 0.1) is 6.04 Å². The highest BCUT2D eigenvalue weighted by Crippen LogP contribution is 2.31. The molecule has 0 saturated heterocycles. The van der Waals surface area contributed by atoms with Gasteiger partial charge >= 0.3 is 12.6 Å². The van der Waals surface area contributed by atoms with E-state index in [-0.39, 0.29) is 11.5 Å². The molecule has 0 aromatic heterocycles. The van der Waals surface area contributed by atoms with Crippen molar-refractivity contribution in [1.29, 1.82) is 0 Å². The molecule has 2 aromatic rings. The molecule has 8 heteroatoms. The van der Waals surface area contributed by atoms with Crippen LogP contribution in [0.15, 0.2) is 59.8 Å². The van der Waals surface area contributed by atoms with E-state index in [1.54, 1.807) is 31.2 Å². The first-order chi connectivity index (χ1) is 12.8. The number of carbonyl (C=O) groups is 2. The van der Waals surface area contributed by atoms with E-state index in [9.17, 15) is 18.4 Å². The Hall–Kier alpha value is -2.93. The summed E-state index contributed by atoms with van der Waals surface area (Å²) in [5.41, 5.74) is 1.73. The molecule has 5 nitrogen and oxygen atoms in total. The zero-order valence-corrected chi connectivity index (χ0v) is 14.9. The summed E-state index contributed by atoms with van der Waals surface area (Å²) in [6, 6.07) is 11.0. The van der Waals surface area contributed by atoms with Gasteiger partial charge in [0.15, 0.2) is 5.78 Å². The molecule has 140 valence electrons. The van der Waals surface area contributed by atoms with Crippen LogP contribution >= 0.6 is 11.6 Å². The minimum Gasteiger partial charge on any atom is -0.435 e. The highest BCUT2D eigenvalue weighted by Gasteiger charge is 2.31. The highest BCUT2D eigenvalue weighted by molar-refractivity contribution is 6.30. The molecule has 1 aliphatic heterocycles. The lowest BCUT2D eigenvalue weighted by atomic mass is 9.89. The number of rotatable bonds is 5. The number of allylic oxidation sites excluding steroid dienone is 1. The number of amides is 2. The summed E-state index contributed by atoms with van der Waals surface area (Å²) < 4.78 is 29.0. The first-order valence-electron chi connectivity index (χ1n) is 7.98. The number of ketones is 1. The number of hydrogen-bond acceptors (Lipinski definition) is 3. The minimum absolute atomic E-state index is 0.0136. The number of benzene rings is 2. The van der Waals surface area contributed by atoms with Crippen molar-refractivity contribution in [2.24, 2.45) is 0 Å². The van der Waals surface area contributed by atoms with Crippen molar-refractivity contribution < 1.29 is 23.1 Å². The molecule has 3 rings (SSSR count). The van der Waals surface area contributed by atoms with Crippen LogP contribution in [0.3, 0.4) is 0 Å². The lowest BCUT2D eigenvalue weighted by Crippen LogP contribution is -2.45. The zero-order chi connectivity index (χ0) is 19.6. The topological polar surface area (TPSA) is 67.4 Å². The maximum atomic E-state index is 13.0. The molecule has 0 bridgehead atoms. The fourth-order valence-corrected chi connectivity index (χ4v) is 2.97. The van der Waals surface area contributed by atoms with E-state index in [2.05, 4.69) is 15.4 Å². The molecule has 27 heavy (non-hydrogen) atoms. The zero-order valence-electron chi connectivity index (χ0n) is 14.1. The van der Waals surface area contributed by atoms with Gasteiger partial charge < -0.3 is 15.4 Å². The fourth-order valence-electron chi connectivity index (χ4n) is 2.84. The van der Waals surface area contributed by atoms with Crippen molar-refractivity contribution in [3.05, 3.63) is 76.0 Å². The Morgan fingerprint density at radius 2 is 1.74 bits per heavy atom. The van der Waals surface area contributed by atoms with E-state index in [1.165, 1.54) is 24.3 Å². The van der Waals surface area contributed by atoms with Gasteiger partial charge in [-0.05, 0) is 48.9 Å². The van der Waals surface area contributed by atoms with Gasteiger partial charge in [-0.3, -0.25) is 4.79 Å². The maximum absolute atomic E-state index is 13.0. The maximum Gasteiger partial charge on any atom is 0.387 e. The Kier molecular flexibility index (Phi) is 5.41. The number of ether oxygens (including phenoxy) is 1. The van der Waals surface area contributed by atoms with Gasteiger partial charge in [-0.1, -0.05) is 23.7 Å². The second-order valence-electron chi connectivity index (χ2n) is 5.85. The SMILES string of the molecule is CC1=C(C(=O)c2ccc(Cl)cc2)C(c2ccc(OC(F)F)cc2)NC(=O)N1. The third kappa shape index (κ3) is 4.25. The average Bonchev–Trinajstić information content (AvgIpc) is 2.61. The third-order valence-corrected chi connectivity index (χ3v) is 4.31. The molecule has 1 aliphatic rings. The Morgan fingerprint density at radius 1 is 1.11 bits per heavy atom. The molecule has 0 fully saturated rings. The minimum atomic E-state index is -2.93. The molecule has 0 saturated carbocycles. The van der Waals surface area contributed by atoms with Gasteiger partial charge in [-0.2, -0.15) is 8.78 Å². The average molecular weight is 393 g/mol. The molecule has 2 amide bonds. The van der Waals surface area contributed by atoms with Gasteiger partial charge in [0.25, 0.3) is 0 Å². The summed E-state index contributed by atoms with van der Waals surface area (Å²) in [4.78, 5) is 24.9. The van der Waals surface area contributed by atoms with E-state index >= 15 is 0 Å². The summed E-state index contributed by atoms with van der Waals surface area (Å²) >= 11 is 5.87. The van der Waals surface area contributed by atoms with Gasteiger partial charge in [0.1, 0.15) is 5.75 Å². The third-order valence-electron chi connectivity index (χ3n) is 4.06. The largest absolute Gasteiger partial charge is 0.435 e. The van der Waals surface area contributed by atoms with Crippen LogP contribution in [0, 0.1) is 0 Å². The predicted molar refractivity (Wildman–Crippen MR) is 96.0 cm³/mol. The first kappa shape index (κ1) is 18.8. The van der Waals surface area contributed by atoms with Crippen LogP contribution in [-0.4, -0.2) is 18.4 Å². The Bertz CT molecular complexity index is 896. The Labute approximate surface area is 159 Å². The predicted octanol–water partition coefficient (Wildman–Crippen LogP) is 4.45. The molecule has 0 aliphatic carbocycles. The Balaban J connectivity index is 1.96. The highest BCUT2D eigenvalue weighted by atomic mass is 35.5. The summed E-state index contributed by atoms with van der Waals surface area (Å²) in [5, 5.41) is 5.78. The smallest absolute Gasteiger partial charge is 0.387 e. The standard InChI is InChI=1S/C19H15ClF2N2O3/c1-10-15(17(25)12-2-6-13(20)7-3-12)16(24-19(26)23-10)11-4-8-14(9-5-11)27-18(21)22/h2-9,16,18H,1H3,(H2,23,24,26). The van der Waals surface area contributed by atoms with E-state index < -0.39 is 18.7 Å². The molecule has 0 radical (unpaired) electrons. The van der Waals surface area contributed by atoms with Crippen LogP contribution in [0.5, 0.6) is 5.75 Å². The molecule has 2 N–H and O–H groups in total. The van der Waals surface area contributed by atoms with Gasteiger partial charge in [-0.25, -0.2) is 4.79 Å². The van der Waals surface area contributed by atoms with E-state index in [4.69, 9.17) is 11.6 Å². The lowest BCUT2D eigenvalue weighted by Gasteiger charge is -2.28. The van der Waals surface area contributed by atoms with Crippen LogP contribution in [0.25, 0.3) is 0 Å². The lowest BCUT2D eigenvalue weighted by molar-refractivity contribution is -0.0498. The molecule has 1 heterocycles. The van der Waals surface area contributed by atoms with Crippen LogP contribution in [0.1, 0.15) is 28.9 Å². The number of Topliss-reactive ketones (excluding diaryl/α,β-unsaturated/α-hetero) is 1. The van der Waals surface area contributed by atoms with Gasteiger partial charge in [0, 0.05) is 21.9 Å². The number of halogens is 3. The van der Waals surface area contributed by atoms with Crippen molar-refractivity contribution in [2.45, 2.75) is 19.6 Å². The fraction of sp³-hybridized carbons (Fsp3) is 0.158. The summed E-state index contributed by atoms with van der Waals surface area (Å²) in [6.45, 7) is -1.30. The van der Waals surface area contributed by atoms with Crippen molar-refractivity contribution in [1.82, 2.24) is 10.6 Å². The van der Waals surface area contributed by atoms with Crippen LogP contribution in [0.2, 0.25) is 5.02 Å². The van der Waals surface area contributed by atoms with E-state index in [0.29, 0.717) is 27.4 Å². The number of alkyl halides is 2. The Morgan fingerprint density at radius 3 is 2.33 bits per heavy atom. The quantitative estimate of drug-likeness (QED) is 0.738. The molecule has 0 spiro atoms. The van der Waals surface area contributed by atoms with Crippen LogP contribution in [-0.2, 0) is 0 Å². The van der Waals surface area contributed by atoms with Crippen molar-refractivity contribution in [2.75, 3.05) is 0 Å². The number of hydrogen-bond donors (Lipinski definition) is 2. The summed E-state index contributed by atoms with van der Waals surface area (Å²) in [7, 11) is 0. The molecular formula is C19H15ClF2N2O3. The molecule has 1 atom stereocenters. The monoisotopic (exact) mass is 392 g/mol. The van der Waals surface area contributed by atoms with Crippen LogP contribution < -0.4 is 15.4 Å². The second kappa shape index (κ2) is 7.75. The van der Waals surface area contributed by atoms with Gasteiger partial charge in [-0.15, -0.1) is 0 Å². The summed E-state index contributed by atoms with van der Waals surface area (Å²) in [6.07, 6.45) is 0. The molecule has 1 unspecified atom stereocenters. The van der Waals surface area contributed by atoms with E-state index in [0.717, 1.165) is 0 Å². The van der Waals surface area contributed by atoms with Crippen LogP contribution in [0.4, 0.5) is 13.6 Å². The van der Waals surface area contributed by atoms with Crippen molar-refractivity contribution in [3.63, 3.8) is 0 Å². The normalized spacial score (nSPS) is 16.8.